The summed E-state index contributed by atoms with van der Waals surface area (Å²) in [4.78, 5) is 12.3. The van der Waals surface area contributed by atoms with Crippen molar-refractivity contribution in [1.82, 2.24) is 5.32 Å². The Morgan fingerprint density at radius 1 is 1.50 bits per heavy atom. The fraction of sp³-hybridized carbons (Fsp3) is 0.533. The van der Waals surface area contributed by atoms with E-state index < -0.39 is 0 Å². The second kappa shape index (κ2) is 6.88. The van der Waals surface area contributed by atoms with E-state index in [2.05, 4.69) is 12.2 Å². The molecular formula is C15H22N2O2S. The molecule has 5 heteroatoms. The summed E-state index contributed by atoms with van der Waals surface area (Å²) >= 11 is 1.98. The minimum atomic E-state index is -0.0960. The number of carbonyl (C=O) groups excluding carboxylic acids is 1. The van der Waals surface area contributed by atoms with E-state index in [1.54, 1.807) is 25.3 Å². The molecular weight excluding hydrogens is 272 g/mol. The predicted octanol–water partition coefficient (Wildman–Crippen LogP) is 2.68. The highest BCUT2D eigenvalue weighted by Crippen LogP contribution is 2.30. The smallest absolute Gasteiger partial charge is 0.255 e. The van der Waals surface area contributed by atoms with Crippen LogP contribution in [0.3, 0.4) is 0 Å². The SMILES string of the molecule is CCSC1CCC(NC(=O)c2cc(N)ccc2OC)C1. The normalized spacial score (nSPS) is 21.7. The van der Waals surface area contributed by atoms with Gasteiger partial charge in [-0.2, -0.15) is 11.8 Å². The third kappa shape index (κ3) is 3.60. The zero-order chi connectivity index (χ0) is 14.5. The van der Waals surface area contributed by atoms with Crippen LogP contribution in [0.5, 0.6) is 5.75 Å². The lowest BCUT2D eigenvalue weighted by molar-refractivity contribution is 0.0935. The van der Waals surface area contributed by atoms with Gasteiger partial charge >= 0.3 is 0 Å². The summed E-state index contributed by atoms with van der Waals surface area (Å²) in [6, 6.07) is 5.40. The average Bonchev–Trinajstić information content (AvgIpc) is 2.86. The molecule has 2 atom stereocenters. The topological polar surface area (TPSA) is 64.4 Å². The first kappa shape index (κ1) is 15.0. The van der Waals surface area contributed by atoms with Crippen LogP contribution in [-0.4, -0.2) is 30.1 Å². The molecule has 0 bridgehead atoms. The van der Waals surface area contributed by atoms with Crippen LogP contribution in [0.15, 0.2) is 18.2 Å². The number of benzene rings is 1. The van der Waals surface area contributed by atoms with Crippen LogP contribution in [0.1, 0.15) is 36.5 Å². The van der Waals surface area contributed by atoms with Crippen molar-refractivity contribution >= 4 is 23.4 Å². The number of carbonyl (C=O) groups is 1. The van der Waals surface area contributed by atoms with Crippen molar-refractivity contribution in [3.8, 4) is 5.75 Å². The number of nitrogen functional groups attached to an aromatic ring is 1. The molecule has 0 spiro atoms. The van der Waals surface area contributed by atoms with E-state index in [9.17, 15) is 4.79 Å². The molecule has 1 fully saturated rings. The van der Waals surface area contributed by atoms with Gasteiger partial charge in [-0.15, -0.1) is 0 Å². The molecule has 2 rings (SSSR count). The summed E-state index contributed by atoms with van der Waals surface area (Å²) in [5.74, 6) is 1.60. The zero-order valence-electron chi connectivity index (χ0n) is 12.0. The molecule has 3 N–H and O–H groups in total. The minimum Gasteiger partial charge on any atom is -0.496 e. The van der Waals surface area contributed by atoms with Crippen molar-refractivity contribution < 1.29 is 9.53 Å². The highest BCUT2D eigenvalue weighted by Gasteiger charge is 2.26. The highest BCUT2D eigenvalue weighted by molar-refractivity contribution is 7.99. The van der Waals surface area contributed by atoms with E-state index in [1.165, 1.54) is 6.42 Å². The number of rotatable bonds is 5. The maximum absolute atomic E-state index is 12.3. The van der Waals surface area contributed by atoms with Gasteiger partial charge in [0, 0.05) is 17.0 Å². The van der Waals surface area contributed by atoms with Gasteiger partial charge in [0.05, 0.1) is 12.7 Å². The lowest BCUT2D eigenvalue weighted by Gasteiger charge is -2.15. The van der Waals surface area contributed by atoms with Crippen molar-refractivity contribution in [2.75, 3.05) is 18.6 Å². The molecule has 0 aliphatic heterocycles. The monoisotopic (exact) mass is 294 g/mol. The Morgan fingerprint density at radius 2 is 2.30 bits per heavy atom. The Balaban J connectivity index is 2.00. The number of nitrogens with two attached hydrogens (primary N) is 1. The van der Waals surface area contributed by atoms with Gasteiger partial charge in [-0.3, -0.25) is 4.79 Å². The van der Waals surface area contributed by atoms with Crippen LogP contribution in [0.25, 0.3) is 0 Å². The molecule has 0 heterocycles. The van der Waals surface area contributed by atoms with Gasteiger partial charge in [0.15, 0.2) is 0 Å². The Labute approximate surface area is 124 Å². The molecule has 1 aliphatic rings. The van der Waals surface area contributed by atoms with Crippen LogP contribution in [0, 0.1) is 0 Å². The molecule has 1 saturated carbocycles. The first-order chi connectivity index (χ1) is 9.63. The van der Waals surface area contributed by atoms with Crippen molar-refractivity contribution in [3.63, 3.8) is 0 Å². The van der Waals surface area contributed by atoms with Crippen LogP contribution >= 0.6 is 11.8 Å². The number of ether oxygens (including phenoxy) is 1. The van der Waals surface area contributed by atoms with E-state index in [0.717, 1.165) is 18.6 Å². The van der Waals surface area contributed by atoms with Gasteiger partial charge in [0.1, 0.15) is 5.75 Å². The largest absolute Gasteiger partial charge is 0.496 e. The zero-order valence-corrected chi connectivity index (χ0v) is 12.8. The van der Waals surface area contributed by atoms with Crippen LogP contribution < -0.4 is 15.8 Å². The molecule has 110 valence electrons. The van der Waals surface area contributed by atoms with Crippen LogP contribution in [0.2, 0.25) is 0 Å². The molecule has 1 aromatic carbocycles. The first-order valence-electron chi connectivity index (χ1n) is 7.00. The van der Waals surface area contributed by atoms with Crippen molar-refractivity contribution in [2.45, 2.75) is 37.5 Å². The highest BCUT2D eigenvalue weighted by atomic mass is 32.2. The standard InChI is InChI=1S/C15H22N2O2S/c1-3-20-12-6-5-11(9-12)17-15(18)13-8-10(16)4-7-14(13)19-2/h4,7-8,11-12H,3,5-6,9,16H2,1-2H3,(H,17,18). The van der Waals surface area contributed by atoms with E-state index in [0.29, 0.717) is 22.3 Å². The molecule has 0 aromatic heterocycles. The van der Waals surface area contributed by atoms with Gasteiger partial charge in [-0.25, -0.2) is 0 Å². The summed E-state index contributed by atoms with van der Waals surface area (Å²) in [6.45, 7) is 2.17. The number of amides is 1. The summed E-state index contributed by atoms with van der Waals surface area (Å²) in [5, 5.41) is 3.77. The van der Waals surface area contributed by atoms with Gasteiger partial charge in [0.2, 0.25) is 0 Å². The number of anilines is 1. The second-order valence-corrected chi connectivity index (χ2v) is 6.60. The molecule has 1 aliphatic carbocycles. The molecule has 2 unspecified atom stereocenters. The third-order valence-electron chi connectivity index (χ3n) is 3.59. The quantitative estimate of drug-likeness (QED) is 0.820. The third-order valence-corrected chi connectivity index (χ3v) is 4.82. The lowest BCUT2D eigenvalue weighted by Crippen LogP contribution is -2.33. The van der Waals surface area contributed by atoms with E-state index in [1.807, 2.05) is 11.8 Å². The molecule has 20 heavy (non-hydrogen) atoms. The summed E-state index contributed by atoms with van der Waals surface area (Å²) in [7, 11) is 1.56. The first-order valence-corrected chi connectivity index (χ1v) is 8.05. The Morgan fingerprint density at radius 3 is 3.00 bits per heavy atom. The molecule has 0 saturated heterocycles. The predicted molar refractivity (Wildman–Crippen MR) is 84.4 cm³/mol. The maximum atomic E-state index is 12.3. The van der Waals surface area contributed by atoms with Crippen molar-refractivity contribution in [2.24, 2.45) is 0 Å². The number of hydrogen-bond acceptors (Lipinski definition) is 4. The molecule has 1 aromatic rings. The lowest BCUT2D eigenvalue weighted by atomic mass is 10.1. The van der Waals surface area contributed by atoms with E-state index >= 15 is 0 Å². The van der Waals surface area contributed by atoms with E-state index in [-0.39, 0.29) is 11.9 Å². The minimum absolute atomic E-state index is 0.0960. The Hall–Kier alpha value is -1.36. The van der Waals surface area contributed by atoms with Gasteiger partial charge in [-0.05, 0) is 43.2 Å². The number of nitrogens with one attached hydrogen (secondary N) is 1. The Bertz CT molecular complexity index is 479. The van der Waals surface area contributed by atoms with E-state index in [4.69, 9.17) is 10.5 Å². The van der Waals surface area contributed by atoms with Crippen molar-refractivity contribution in [3.05, 3.63) is 23.8 Å². The Kier molecular flexibility index (Phi) is 5.17. The number of hydrogen-bond donors (Lipinski definition) is 2. The van der Waals surface area contributed by atoms with Crippen LogP contribution in [0.4, 0.5) is 5.69 Å². The maximum Gasteiger partial charge on any atom is 0.255 e. The summed E-state index contributed by atoms with van der Waals surface area (Å²) in [6.07, 6.45) is 3.28. The fourth-order valence-electron chi connectivity index (χ4n) is 2.62. The van der Waals surface area contributed by atoms with Crippen molar-refractivity contribution in [1.29, 1.82) is 0 Å². The molecule has 1 amide bonds. The van der Waals surface area contributed by atoms with Gasteiger partial charge < -0.3 is 15.8 Å². The van der Waals surface area contributed by atoms with Gasteiger partial charge in [0.25, 0.3) is 5.91 Å². The molecule has 0 radical (unpaired) electrons. The fourth-order valence-corrected chi connectivity index (χ4v) is 3.77. The average molecular weight is 294 g/mol. The number of thioether (sulfide) groups is 1. The van der Waals surface area contributed by atoms with Crippen LogP contribution in [-0.2, 0) is 0 Å². The molecule has 4 nitrogen and oxygen atoms in total. The number of methoxy groups -OCH3 is 1. The van der Waals surface area contributed by atoms with Gasteiger partial charge in [-0.1, -0.05) is 6.92 Å². The summed E-state index contributed by atoms with van der Waals surface area (Å²) in [5.41, 5.74) is 6.84. The second-order valence-electron chi connectivity index (χ2n) is 5.02. The summed E-state index contributed by atoms with van der Waals surface area (Å²) < 4.78 is 5.23.